The Morgan fingerprint density at radius 3 is 2.59 bits per heavy atom. The van der Waals surface area contributed by atoms with Crippen LogP contribution in [0.1, 0.15) is 11.9 Å². The van der Waals surface area contributed by atoms with E-state index in [2.05, 4.69) is 15.3 Å². The molecule has 1 N–H and O–H groups in total. The van der Waals surface area contributed by atoms with Gasteiger partial charge in [-0.05, 0) is 6.92 Å². The van der Waals surface area contributed by atoms with Gasteiger partial charge in [0, 0.05) is 44.8 Å². The van der Waals surface area contributed by atoms with Crippen LogP contribution in [0, 0.1) is 0 Å². The van der Waals surface area contributed by atoms with Crippen molar-refractivity contribution in [1.82, 2.24) is 20.1 Å². The largest absolute Gasteiger partial charge is 0.403 e. The Morgan fingerprint density at radius 1 is 1.41 bits per heavy atom. The molecular weight excluding hydrogens is 315 g/mol. The Labute approximate surface area is 131 Å². The Kier molecular flexibility index (Phi) is 5.63. The van der Waals surface area contributed by atoms with Crippen LogP contribution in [0.25, 0.3) is 0 Å². The number of hydrogen-bond acceptors (Lipinski definition) is 4. The third-order valence-corrected chi connectivity index (χ3v) is 4.51. The third-order valence-electron chi connectivity index (χ3n) is 3.73. The van der Waals surface area contributed by atoms with Crippen molar-refractivity contribution in [2.75, 3.05) is 33.2 Å². The first-order valence-corrected chi connectivity index (χ1v) is 7.94. The Balaban J connectivity index is 1.84. The lowest BCUT2D eigenvalue weighted by Crippen LogP contribution is -2.56. The first-order valence-electron chi connectivity index (χ1n) is 7.06. The second kappa shape index (κ2) is 7.28. The van der Waals surface area contributed by atoms with Crippen molar-refractivity contribution in [2.45, 2.75) is 25.7 Å². The van der Waals surface area contributed by atoms with Gasteiger partial charge in [-0.2, -0.15) is 13.2 Å². The molecule has 0 radical (unpaired) electrons. The van der Waals surface area contributed by atoms with E-state index in [1.54, 1.807) is 24.6 Å². The fourth-order valence-corrected chi connectivity index (χ4v) is 2.91. The highest BCUT2D eigenvalue weighted by Gasteiger charge is 2.41. The molecule has 0 amide bonds. The first-order chi connectivity index (χ1) is 10.4. The van der Waals surface area contributed by atoms with Crippen LogP contribution in [0.5, 0.6) is 0 Å². The molecule has 1 atom stereocenters. The molecule has 1 aliphatic rings. The van der Waals surface area contributed by atoms with E-state index >= 15 is 0 Å². The quantitative estimate of drug-likeness (QED) is 0.676. The number of halogens is 3. The first kappa shape index (κ1) is 17.0. The predicted octanol–water partition coefficient (Wildman–Crippen LogP) is 1.79. The van der Waals surface area contributed by atoms with Crippen molar-refractivity contribution in [3.05, 3.63) is 16.6 Å². The molecule has 1 fully saturated rings. The van der Waals surface area contributed by atoms with E-state index in [9.17, 15) is 13.2 Å². The number of rotatable bonds is 3. The second-order valence-corrected chi connectivity index (χ2v) is 6.05. The highest BCUT2D eigenvalue weighted by atomic mass is 32.1. The van der Waals surface area contributed by atoms with Gasteiger partial charge in [0.05, 0.1) is 6.54 Å². The minimum atomic E-state index is -4.17. The maximum Gasteiger partial charge on any atom is 0.403 e. The predicted molar refractivity (Wildman–Crippen MR) is 81.0 cm³/mol. The zero-order chi connectivity index (χ0) is 16.2. The molecule has 0 aromatic carbocycles. The lowest BCUT2D eigenvalue weighted by atomic mass is 10.2. The van der Waals surface area contributed by atoms with E-state index in [4.69, 9.17) is 0 Å². The number of thiazole rings is 1. The van der Waals surface area contributed by atoms with Gasteiger partial charge in [-0.1, -0.05) is 0 Å². The van der Waals surface area contributed by atoms with Gasteiger partial charge in [0.15, 0.2) is 5.96 Å². The summed E-state index contributed by atoms with van der Waals surface area (Å²) in [5.41, 5.74) is 0. The molecule has 1 saturated heterocycles. The smallest absolute Gasteiger partial charge is 0.350 e. The molecule has 0 aliphatic carbocycles. The topological polar surface area (TPSA) is 43.8 Å². The number of aliphatic imine (C=N–C) groups is 1. The van der Waals surface area contributed by atoms with Gasteiger partial charge in [-0.15, -0.1) is 11.3 Å². The third kappa shape index (κ3) is 4.33. The average molecular weight is 335 g/mol. The molecule has 124 valence electrons. The summed E-state index contributed by atoms with van der Waals surface area (Å²) in [7, 11) is 1.68. The standard InChI is InChI=1S/C13H20F3N5S/c1-10(13(14,15)16)20-4-6-21(7-5-20)12(17-2)19-9-11-18-3-8-22-11/h3,8,10H,4-7,9H2,1-2H3,(H,17,19). The van der Waals surface area contributed by atoms with Crippen molar-refractivity contribution in [3.63, 3.8) is 0 Å². The second-order valence-electron chi connectivity index (χ2n) is 5.07. The van der Waals surface area contributed by atoms with Crippen LogP contribution < -0.4 is 5.32 Å². The molecule has 1 unspecified atom stereocenters. The van der Waals surface area contributed by atoms with E-state index in [-0.39, 0.29) is 0 Å². The van der Waals surface area contributed by atoms with Gasteiger partial charge in [0.25, 0.3) is 0 Å². The number of nitrogens with zero attached hydrogens (tertiary/aromatic N) is 4. The van der Waals surface area contributed by atoms with Gasteiger partial charge in [0.2, 0.25) is 0 Å². The molecule has 0 saturated carbocycles. The van der Waals surface area contributed by atoms with Crippen LogP contribution in [0.15, 0.2) is 16.6 Å². The molecule has 2 rings (SSSR count). The number of guanidine groups is 1. The summed E-state index contributed by atoms with van der Waals surface area (Å²) in [6.07, 6.45) is -2.44. The molecule has 22 heavy (non-hydrogen) atoms. The normalized spacial score (nSPS) is 19.3. The number of nitrogens with one attached hydrogen (secondary N) is 1. The van der Waals surface area contributed by atoms with Crippen LogP contribution in [-0.4, -0.2) is 66.2 Å². The van der Waals surface area contributed by atoms with Crippen molar-refractivity contribution in [1.29, 1.82) is 0 Å². The lowest BCUT2D eigenvalue weighted by Gasteiger charge is -2.39. The number of hydrogen-bond donors (Lipinski definition) is 1. The fourth-order valence-electron chi connectivity index (χ4n) is 2.36. The van der Waals surface area contributed by atoms with Crippen molar-refractivity contribution < 1.29 is 13.2 Å². The van der Waals surface area contributed by atoms with E-state index in [0.717, 1.165) is 5.01 Å². The molecule has 0 spiro atoms. The summed E-state index contributed by atoms with van der Waals surface area (Å²) >= 11 is 1.55. The Morgan fingerprint density at radius 2 is 2.09 bits per heavy atom. The Bertz CT molecular complexity index is 480. The zero-order valence-electron chi connectivity index (χ0n) is 12.6. The molecule has 9 heteroatoms. The molecule has 1 aromatic rings. The maximum atomic E-state index is 12.7. The Hall–Kier alpha value is -1.35. The molecule has 2 heterocycles. The molecule has 1 aliphatic heterocycles. The molecule has 5 nitrogen and oxygen atoms in total. The van der Waals surface area contributed by atoms with Crippen LogP contribution in [0.4, 0.5) is 13.2 Å². The van der Waals surface area contributed by atoms with Crippen molar-refractivity contribution >= 4 is 17.3 Å². The number of aromatic nitrogens is 1. The maximum absolute atomic E-state index is 12.7. The SMILES string of the molecule is CN=C(NCc1nccs1)N1CCN(C(C)C(F)(F)F)CC1. The number of alkyl halides is 3. The monoisotopic (exact) mass is 335 g/mol. The summed E-state index contributed by atoms with van der Waals surface area (Å²) in [5.74, 6) is 0.703. The lowest BCUT2D eigenvalue weighted by molar-refractivity contribution is -0.181. The summed E-state index contributed by atoms with van der Waals surface area (Å²) in [6, 6.07) is -1.40. The highest BCUT2D eigenvalue weighted by Crippen LogP contribution is 2.25. The molecule has 1 aromatic heterocycles. The zero-order valence-corrected chi connectivity index (χ0v) is 13.4. The summed E-state index contributed by atoms with van der Waals surface area (Å²) < 4.78 is 38.2. The summed E-state index contributed by atoms with van der Waals surface area (Å²) in [6.45, 7) is 3.59. The summed E-state index contributed by atoms with van der Waals surface area (Å²) in [5, 5.41) is 6.05. The van der Waals surface area contributed by atoms with Crippen LogP contribution >= 0.6 is 11.3 Å². The van der Waals surface area contributed by atoms with Crippen LogP contribution in [0.3, 0.4) is 0 Å². The van der Waals surface area contributed by atoms with Crippen LogP contribution in [0.2, 0.25) is 0 Å². The van der Waals surface area contributed by atoms with E-state index in [1.165, 1.54) is 11.8 Å². The average Bonchev–Trinajstić information content (AvgIpc) is 3.00. The van der Waals surface area contributed by atoms with Gasteiger partial charge >= 0.3 is 6.18 Å². The minimum absolute atomic E-state index is 0.374. The fraction of sp³-hybridized carbons (Fsp3) is 0.692. The van der Waals surface area contributed by atoms with E-state index in [1.807, 2.05) is 10.3 Å². The minimum Gasteiger partial charge on any atom is -0.350 e. The van der Waals surface area contributed by atoms with Crippen molar-refractivity contribution in [2.24, 2.45) is 4.99 Å². The highest BCUT2D eigenvalue weighted by molar-refractivity contribution is 7.09. The molecular formula is C13H20F3N5S. The van der Waals surface area contributed by atoms with Gasteiger partial charge in [-0.3, -0.25) is 9.89 Å². The van der Waals surface area contributed by atoms with Crippen LogP contribution in [-0.2, 0) is 6.54 Å². The van der Waals surface area contributed by atoms with Gasteiger partial charge < -0.3 is 10.2 Å². The molecule has 0 bridgehead atoms. The van der Waals surface area contributed by atoms with E-state index in [0.29, 0.717) is 38.7 Å². The van der Waals surface area contributed by atoms with Crippen molar-refractivity contribution in [3.8, 4) is 0 Å². The number of piperazine rings is 1. The van der Waals surface area contributed by atoms with E-state index < -0.39 is 12.2 Å². The van der Waals surface area contributed by atoms with Gasteiger partial charge in [-0.25, -0.2) is 4.98 Å². The van der Waals surface area contributed by atoms with Gasteiger partial charge in [0.1, 0.15) is 11.0 Å². The summed E-state index contributed by atoms with van der Waals surface area (Å²) in [4.78, 5) is 11.8.